The van der Waals surface area contributed by atoms with Crippen LogP contribution in [-0.2, 0) is 17.8 Å². The molecule has 0 unspecified atom stereocenters. The number of ether oxygens (including phenoxy) is 2. The van der Waals surface area contributed by atoms with Gasteiger partial charge in [-0.3, -0.25) is 0 Å². The largest absolute Gasteiger partial charge is 0.480 e. The lowest BCUT2D eigenvalue weighted by atomic mass is 10.1. The predicted molar refractivity (Wildman–Crippen MR) is 106 cm³/mol. The van der Waals surface area contributed by atoms with E-state index in [1.165, 1.54) is 6.33 Å². The van der Waals surface area contributed by atoms with Gasteiger partial charge in [0.25, 0.3) is 0 Å². The van der Waals surface area contributed by atoms with E-state index < -0.39 is 0 Å². The van der Waals surface area contributed by atoms with E-state index in [0.29, 0.717) is 12.5 Å². The molecule has 0 N–H and O–H groups in total. The summed E-state index contributed by atoms with van der Waals surface area (Å²) in [5.74, 6) is 1.64. The molecule has 8 nitrogen and oxygen atoms in total. The van der Waals surface area contributed by atoms with E-state index in [-0.39, 0.29) is 0 Å². The third-order valence-corrected chi connectivity index (χ3v) is 5.46. The minimum Gasteiger partial charge on any atom is -0.480 e. The van der Waals surface area contributed by atoms with Crippen LogP contribution in [0, 0.1) is 0 Å². The summed E-state index contributed by atoms with van der Waals surface area (Å²) in [7, 11) is 1.64. The molecule has 2 aliphatic rings. The van der Waals surface area contributed by atoms with Crippen molar-refractivity contribution in [2.75, 3.05) is 49.7 Å². The van der Waals surface area contributed by atoms with E-state index in [0.717, 1.165) is 72.9 Å². The molecule has 5 rings (SSSR count). The minimum absolute atomic E-state index is 0.607. The molecule has 0 spiro atoms. The van der Waals surface area contributed by atoms with Gasteiger partial charge in [-0.1, -0.05) is 0 Å². The fraction of sp³-hybridized carbons (Fsp3) is 0.400. The summed E-state index contributed by atoms with van der Waals surface area (Å²) in [5, 5.41) is 0.937. The van der Waals surface area contributed by atoms with Gasteiger partial charge in [0, 0.05) is 43.9 Å². The maximum Gasteiger partial charge on any atom is 0.224 e. The molecule has 3 aromatic rings. The van der Waals surface area contributed by atoms with Crippen LogP contribution >= 0.6 is 0 Å². The van der Waals surface area contributed by atoms with Crippen molar-refractivity contribution < 1.29 is 9.47 Å². The Bertz CT molecular complexity index is 1000. The lowest BCUT2D eigenvalue weighted by molar-refractivity contribution is 0.109. The summed E-state index contributed by atoms with van der Waals surface area (Å²) < 4.78 is 11.0. The topological polar surface area (TPSA) is 76.5 Å². The highest BCUT2D eigenvalue weighted by atomic mass is 16.5. The maximum absolute atomic E-state index is 5.64. The molecule has 2 aromatic heterocycles. The van der Waals surface area contributed by atoms with Gasteiger partial charge in [0.2, 0.25) is 5.88 Å². The van der Waals surface area contributed by atoms with Crippen LogP contribution in [-0.4, -0.2) is 59.8 Å². The number of aromatic nitrogens is 4. The predicted octanol–water partition coefficient (Wildman–Crippen LogP) is 1.83. The molecule has 0 saturated carbocycles. The number of methoxy groups -OCH3 is 1. The molecule has 1 aromatic carbocycles. The van der Waals surface area contributed by atoms with Gasteiger partial charge < -0.3 is 19.3 Å². The van der Waals surface area contributed by atoms with Crippen molar-refractivity contribution in [2.24, 2.45) is 0 Å². The normalized spacial score (nSPS) is 16.9. The second kappa shape index (κ2) is 7.20. The molecule has 0 aliphatic carbocycles. The number of rotatable bonds is 3. The molecule has 8 heteroatoms. The average Bonchev–Trinajstić information content (AvgIpc) is 2.78. The monoisotopic (exact) mass is 378 g/mol. The molecular formula is C20H22N6O2. The van der Waals surface area contributed by atoms with E-state index in [2.05, 4.69) is 41.9 Å². The lowest BCUT2D eigenvalue weighted by Crippen LogP contribution is -2.47. The Morgan fingerprint density at radius 3 is 2.64 bits per heavy atom. The Morgan fingerprint density at radius 2 is 1.79 bits per heavy atom. The summed E-state index contributed by atoms with van der Waals surface area (Å²) in [6.45, 7) is 5.00. The highest BCUT2D eigenvalue weighted by Gasteiger charge is 2.24. The zero-order valence-corrected chi connectivity index (χ0v) is 15.8. The van der Waals surface area contributed by atoms with Crippen LogP contribution in [0.3, 0.4) is 0 Å². The van der Waals surface area contributed by atoms with E-state index >= 15 is 0 Å². The Labute approximate surface area is 163 Å². The standard InChI is InChI=1S/C20H22N6O2/c1-27-20-15-10-14(2-3-17(15)22-13-24-20)25-5-7-26(8-6-25)19-16-11-28-9-4-18(16)21-12-23-19/h2-3,10,12-13H,4-9,11H2,1H3. The van der Waals surface area contributed by atoms with Gasteiger partial charge >= 0.3 is 0 Å². The van der Waals surface area contributed by atoms with Gasteiger partial charge in [-0.05, 0) is 18.2 Å². The number of hydrogen-bond acceptors (Lipinski definition) is 8. The number of fused-ring (bicyclic) bond motifs is 2. The molecule has 2 aliphatic heterocycles. The molecule has 4 heterocycles. The minimum atomic E-state index is 0.607. The van der Waals surface area contributed by atoms with Gasteiger partial charge in [0.05, 0.1) is 36.9 Å². The van der Waals surface area contributed by atoms with Crippen molar-refractivity contribution in [2.45, 2.75) is 13.0 Å². The zero-order chi connectivity index (χ0) is 18.9. The summed E-state index contributed by atoms with van der Waals surface area (Å²) >= 11 is 0. The first-order valence-corrected chi connectivity index (χ1v) is 9.52. The van der Waals surface area contributed by atoms with Crippen LogP contribution in [0.4, 0.5) is 11.5 Å². The molecular weight excluding hydrogens is 356 g/mol. The molecule has 0 amide bonds. The van der Waals surface area contributed by atoms with Crippen LogP contribution in [0.25, 0.3) is 10.9 Å². The first-order valence-electron chi connectivity index (χ1n) is 9.52. The van der Waals surface area contributed by atoms with Crippen LogP contribution in [0.15, 0.2) is 30.9 Å². The first kappa shape index (κ1) is 17.1. The van der Waals surface area contributed by atoms with Gasteiger partial charge in [-0.2, -0.15) is 0 Å². The number of piperazine rings is 1. The third-order valence-electron chi connectivity index (χ3n) is 5.46. The van der Waals surface area contributed by atoms with Crippen molar-refractivity contribution >= 4 is 22.4 Å². The molecule has 1 saturated heterocycles. The van der Waals surface area contributed by atoms with Crippen molar-refractivity contribution in [1.29, 1.82) is 0 Å². The van der Waals surface area contributed by atoms with Crippen molar-refractivity contribution in [3.63, 3.8) is 0 Å². The third kappa shape index (κ3) is 2.99. The second-order valence-corrected chi connectivity index (χ2v) is 6.98. The second-order valence-electron chi connectivity index (χ2n) is 6.98. The highest BCUT2D eigenvalue weighted by molar-refractivity contribution is 5.86. The smallest absolute Gasteiger partial charge is 0.224 e. The number of nitrogens with zero attached hydrogens (tertiary/aromatic N) is 6. The SMILES string of the molecule is COc1ncnc2ccc(N3CCN(c4ncnc5c4COCC5)CC3)cc12. The molecule has 0 atom stereocenters. The fourth-order valence-corrected chi connectivity index (χ4v) is 3.97. The Hall–Kier alpha value is -3.00. The quantitative estimate of drug-likeness (QED) is 0.683. The van der Waals surface area contributed by atoms with E-state index in [1.54, 1.807) is 13.4 Å². The summed E-state index contributed by atoms with van der Waals surface area (Å²) in [6, 6.07) is 6.26. The van der Waals surface area contributed by atoms with Crippen LogP contribution in [0.5, 0.6) is 5.88 Å². The van der Waals surface area contributed by atoms with Crippen LogP contribution < -0.4 is 14.5 Å². The molecule has 0 radical (unpaired) electrons. The van der Waals surface area contributed by atoms with Crippen molar-refractivity contribution in [1.82, 2.24) is 19.9 Å². The van der Waals surface area contributed by atoms with Crippen molar-refractivity contribution in [3.8, 4) is 5.88 Å². The Morgan fingerprint density at radius 1 is 0.964 bits per heavy atom. The number of benzene rings is 1. The number of anilines is 2. The van der Waals surface area contributed by atoms with E-state index in [4.69, 9.17) is 9.47 Å². The molecule has 0 bridgehead atoms. The zero-order valence-electron chi connectivity index (χ0n) is 15.8. The van der Waals surface area contributed by atoms with E-state index in [1.807, 2.05) is 6.07 Å². The summed E-state index contributed by atoms with van der Waals surface area (Å²) in [6.07, 6.45) is 4.08. The van der Waals surface area contributed by atoms with Gasteiger partial charge in [-0.25, -0.2) is 19.9 Å². The van der Waals surface area contributed by atoms with Gasteiger partial charge in [0.15, 0.2) is 0 Å². The molecule has 144 valence electrons. The fourth-order valence-electron chi connectivity index (χ4n) is 3.97. The van der Waals surface area contributed by atoms with Crippen molar-refractivity contribution in [3.05, 3.63) is 42.1 Å². The number of hydrogen-bond donors (Lipinski definition) is 0. The van der Waals surface area contributed by atoms with E-state index in [9.17, 15) is 0 Å². The average molecular weight is 378 g/mol. The highest BCUT2D eigenvalue weighted by Crippen LogP contribution is 2.29. The molecule has 28 heavy (non-hydrogen) atoms. The lowest BCUT2D eigenvalue weighted by Gasteiger charge is -2.38. The first-order chi connectivity index (χ1) is 13.8. The van der Waals surface area contributed by atoms with Crippen LogP contribution in [0.1, 0.15) is 11.3 Å². The van der Waals surface area contributed by atoms with Gasteiger partial charge in [0.1, 0.15) is 18.5 Å². The Balaban J connectivity index is 1.36. The summed E-state index contributed by atoms with van der Waals surface area (Å²) in [5.41, 5.74) is 4.32. The maximum atomic E-state index is 5.64. The Kier molecular flexibility index (Phi) is 4.40. The summed E-state index contributed by atoms with van der Waals surface area (Å²) in [4.78, 5) is 22.3. The molecule has 1 fully saturated rings. The van der Waals surface area contributed by atoms with Gasteiger partial charge in [-0.15, -0.1) is 0 Å². The van der Waals surface area contributed by atoms with Crippen LogP contribution in [0.2, 0.25) is 0 Å².